The molecule has 1 fully saturated rings. The van der Waals surface area contributed by atoms with Gasteiger partial charge >= 0.3 is 0 Å². The van der Waals surface area contributed by atoms with Gasteiger partial charge < -0.3 is 15.1 Å². The minimum atomic E-state index is -1.14. The molecule has 2 amide bonds. The highest BCUT2D eigenvalue weighted by atomic mass is 19.1. The van der Waals surface area contributed by atoms with E-state index in [0.29, 0.717) is 38.4 Å². The van der Waals surface area contributed by atoms with Crippen molar-refractivity contribution in [1.29, 1.82) is 0 Å². The molecule has 0 bridgehead atoms. The average Bonchev–Trinajstić information content (AvgIpc) is 2.74. The summed E-state index contributed by atoms with van der Waals surface area (Å²) in [5.41, 5.74) is 0.551. The van der Waals surface area contributed by atoms with Gasteiger partial charge in [0.2, 0.25) is 11.8 Å². The van der Waals surface area contributed by atoms with Gasteiger partial charge in [-0.1, -0.05) is 42.5 Å². The van der Waals surface area contributed by atoms with Crippen molar-refractivity contribution >= 4 is 17.5 Å². The van der Waals surface area contributed by atoms with Crippen LogP contribution in [0.1, 0.15) is 19.4 Å². The average molecular weight is 397 g/mol. The Hall–Kier alpha value is -2.89. The molecule has 0 aromatic heterocycles. The summed E-state index contributed by atoms with van der Waals surface area (Å²) in [6.45, 7) is 5.83. The molecule has 1 aliphatic rings. The quantitative estimate of drug-likeness (QED) is 0.763. The molecular weight excluding hydrogens is 369 g/mol. The first kappa shape index (κ1) is 20.8. The number of nitrogens with one attached hydrogen (secondary N) is 1. The lowest BCUT2D eigenvalue weighted by molar-refractivity contribution is -0.148. The van der Waals surface area contributed by atoms with Crippen LogP contribution < -0.4 is 10.2 Å². The Balaban J connectivity index is 1.52. The molecule has 1 aliphatic heterocycles. The molecule has 2 aromatic rings. The molecule has 1 saturated heterocycles. The second-order valence-electron chi connectivity index (χ2n) is 7.85. The van der Waals surface area contributed by atoms with E-state index in [9.17, 15) is 14.0 Å². The number of hydrogen-bond donors (Lipinski definition) is 1. The van der Waals surface area contributed by atoms with Gasteiger partial charge in [-0.3, -0.25) is 9.59 Å². The smallest absolute Gasteiger partial charge is 0.237 e. The number of carbonyl (C=O) groups is 2. The number of halogens is 1. The van der Waals surface area contributed by atoms with Crippen molar-refractivity contribution in [2.45, 2.75) is 20.3 Å². The van der Waals surface area contributed by atoms with Crippen LogP contribution in [0.5, 0.6) is 0 Å². The van der Waals surface area contributed by atoms with Gasteiger partial charge in [0.1, 0.15) is 11.2 Å². The van der Waals surface area contributed by atoms with Crippen molar-refractivity contribution in [1.82, 2.24) is 10.2 Å². The van der Waals surface area contributed by atoms with Gasteiger partial charge in [0.25, 0.3) is 0 Å². The van der Waals surface area contributed by atoms with Crippen molar-refractivity contribution in [3.05, 3.63) is 66.0 Å². The molecule has 0 spiro atoms. The van der Waals surface area contributed by atoms with E-state index < -0.39 is 5.41 Å². The number of rotatable bonds is 6. The highest BCUT2D eigenvalue weighted by molar-refractivity contribution is 6.04. The molecule has 0 saturated carbocycles. The standard InChI is InChI=1S/C23H28FN3O2/c1-23(2,21(28)25-13-12-18-8-4-3-5-9-18)22(29)27-16-14-26(15-17-27)20-11-7-6-10-19(20)24/h3-11H,12-17H2,1-2H3,(H,25,28). The lowest BCUT2D eigenvalue weighted by Crippen LogP contribution is -2.55. The van der Waals surface area contributed by atoms with Crippen LogP contribution in [-0.2, 0) is 16.0 Å². The van der Waals surface area contributed by atoms with E-state index in [1.807, 2.05) is 35.2 Å². The highest BCUT2D eigenvalue weighted by Crippen LogP contribution is 2.24. The molecule has 6 heteroatoms. The van der Waals surface area contributed by atoms with Crippen molar-refractivity contribution in [3.8, 4) is 0 Å². The van der Waals surface area contributed by atoms with Gasteiger partial charge in [-0.15, -0.1) is 0 Å². The second kappa shape index (κ2) is 9.07. The molecule has 0 atom stereocenters. The van der Waals surface area contributed by atoms with E-state index in [1.165, 1.54) is 6.07 Å². The van der Waals surface area contributed by atoms with Crippen LogP contribution in [0.15, 0.2) is 54.6 Å². The Labute approximate surface area is 171 Å². The van der Waals surface area contributed by atoms with Crippen LogP contribution >= 0.6 is 0 Å². The number of carbonyl (C=O) groups excluding carboxylic acids is 2. The van der Waals surface area contributed by atoms with E-state index in [1.54, 1.807) is 36.9 Å². The van der Waals surface area contributed by atoms with Crippen LogP contribution in [-0.4, -0.2) is 49.4 Å². The summed E-state index contributed by atoms with van der Waals surface area (Å²) >= 11 is 0. The minimum Gasteiger partial charge on any atom is -0.366 e. The summed E-state index contributed by atoms with van der Waals surface area (Å²) in [6.07, 6.45) is 0.720. The summed E-state index contributed by atoms with van der Waals surface area (Å²) < 4.78 is 14.0. The normalized spacial score (nSPS) is 14.6. The summed E-state index contributed by atoms with van der Waals surface area (Å²) in [6, 6.07) is 16.6. The van der Waals surface area contributed by atoms with E-state index in [-0.39, 0.29) is 17.6 Å². The number of hydrogen-bond acceptors (Lipinski definition) is 3. The zero-order chi connectivity index (χ0) is 20.9. The van der Waals surface area contributed by atoms with E-state index in [0.717, 1.165) is 12.0 Å². The molecule has 0 unspecified atom stereocenters. The first-order valence-electron chi connectivity index (χ1n) is 10.0. The van der Waals surface area contributed by atoms with Gasteiger partial charge in [-0.05, 0) is 38.0 Å². The van der Waals surface area contributed by atoms with Crippen molar-refractivity contribution in [2.75, 3.05) is 37.6 Å². The fraction of sp³-hybridized carbons (Fsp3) is 0.391. The molecule has 2 aromatic carbocycles. The number of amides is 2. The Morgan fingerprint density at radius 1 is 0.966 bits per heavy atom. The first-order chi connectivity index (χ1) is 13.9. The van der Waals surface area contributed by atoms with Crippen LogP contribution in [0.25, 0.3) is 0 Å². The Kier molecular flexibility index (Phi) is 6.52. The highest BCUT2D eigenvalue weighted by Gasteiger charge is 2.39. The summed E-state index contributed by atoms with van der Waals surface area (Å²) in [7, 11) is 0. The minimum absolute atomic E-state index is 0.192. The maximum atomic E-state index is 14.0. The Bertz CT molecular complexity index is 846. The Morgan fingerprint density at radius 2 is 1.59 bits per heavy atom. The van der Waals surface area contributed by atoms with Crippen LogP contribution in [0.4, 0.5) is 10.1 Å². The number of nitrogens with zero attached hydrogens (tertiary/aromatic N) is 2. The number of piperazine rings is 1. The molecule has 1 N–H and O–H groups in total. The number of para-hydroxylation sites is 1. The van der Waals surface area contributed by atoms with E-state index in [2.05, 4.69) is 5.32 Å². The molecular formula is C23H28FN3O2. The van der Waals surface area contributed by atoms with Gasteiger partial charge in [0.05, 0.1) is 5.69 Å². The first-order valence-corrected chi connectivity index (χ1v) is 10.0. The molecule has 1 heterocycles. The zero-order valence-electron chi connectivity index (χ0n) is 17.0. The van der Waals surface area contributed by atoms with Gasteiger partial charge in [0.15, 0.2) is 0 Å². The summed E-state index contributed by atoms with van der Waals surface area (Å²) in [4.78, 5) is 29.3. The lowest BCUT2D eigenvalue weighted by Gasteiger charge is -2.39. The third-order valence-electron chi connectivity index (χ3n) is 5.40. The maximum Gasteiger partial charge on any atom is 0.237 e. The van der Waals surface area contributed by atoms with Gasteiger partial charge in [0, 0.05) is 32.7 Å². The SMILES string of the molecule is CC(C)(C(=O)NCCc1ccccc1)C(=O)N1CCN(c2ccccc2F)CC1. The number of benzene rings is 2. The van der Waals surface area contributed by atoms with E-state index >= 15 is 0 Å². The fourth-order valence-electron chi connectivity index (χ4n) is 3.54. The lowest BCUT2D eigenvalue weighted by atomic mass is 9.90. The summed E-state index contributed by atoms with van der Waals surface area (Å²) in [5.74, 6) is -0.719. The monoisotopic (exact) mass is 397 g/mol. The third-order valence-corrected chi connectivity index (χ3v) is 5.40. The molecule has 0 aliphatic carbocycles. The van der Waals surface area contributed by atoms with Crippen molar-refractivity contribution < 1.29 is 14.0 Å². The van der Waals surface area contributed by atoms with Crippen molar-refractivity contribution in [2.24, 2.45) is 5.41 Å². The van der Waals surface area contributed by atoms with Gasteiger partial charge in [-0.2, -0.15) is 0 Å². The maximum absolute atomic E-state index is 14.0. The zero-order valence-corrected chi connectivity index (χ0v) is 17.0. The molecule has 0 radical (unpaired) electrons. The van der Waals surface area contributed by atoms with Crippen LogP contribution in [0.2, 0.25) is 0 Å². The van der Waals surface area contributed by atoms with Crippen LogP contribution in [0, 0.1) is 11.2 Å². The topological polar surface area (TPSA) is 52.7 Å². The van der Waals surface area contributed by atoms with E-state index in [4.69, 9.17) is 0 Å². The second-order valence-corrected chi connectivity index (χ2v) is 7.85. The largest absolute Gasteiger partial charge is 0.366 e. The molecule has 154 valence electrons. The van der Waals surface area contributed by atoms with Crippen LogP contribution in [0.3, 0.4) is 0 Å². The van der Waals surface area contributed by atoms with Crippen molar-refractivity contribution in [3.63, 3.8) is 0 Å². The Morgan fingerprint density at radius 3 is 2.24 bits per heavy atom. The number of anilines is 1. The van der Waals surface area contributed by atoms with Gasteiger partial charge in [-0.25, -0.2) is 4.39 Å². The third kappa shape index (κ3) is 4.94. The summed E-state index contributed by atoms with van der Waals surface area (Å²) in [5, 5.41) is 2.89. The molecule has 3 rings (SSSR count). The predicted octanol–water partition coefficient (Wildman–Crippen LogP) is 2.86. The molecule has 29 heavy (non-hydrogen) atoms. The fourth-order valence-corrected chi connectivity index (χ4v) is 3.54. The predicted molar refractivity (Wildman–Crippen MR) is 112 cm³/mol. The molecule has 5 nitrogen and oxygen atoms in total.